The highest BCUT2D eigenvalue weighted by atomic mass is 32.1. The van der Waals surface area contributed by atoms with Crippen LogP contribution < -0.4 is 11.1 Å². The second-order valence-corrected chi connectivity index (χ2v) is 5.24. The lowest BCUT2D eigenvalue weighted by atomic mass is 9.96. The van der Waals surface area contributed by atoms with E-state index in [1.54, 1.807) is 5.38 Å². The summed E-state index contributed by atoms with van der Waals surface area (Å²) < 4.78 is 0. The summed E-state index contributed by atoms with van der Waals surface area (Å²) in [4.78, 5) is 26.5. The molecule has 1 heterocycles. The zero-order valence-electron chi connectivity index (χ0n) is 10.3. The third-order valence-corrected chi connectivity index (χ3v) is 3.27. The monoisotopic (exact) mass is 271 g/mol. The van der Waals surface area contributed by atoms with Crippen molar-refractivity contribution < 1.29 is 14.7 Å². The molecule has 0 aromatic carbocycles. The lowest BCUT2D eigenvalue weighted by molar-refractivity contribution is -0.143. The first-order chi connectivity index (χ1) is 8.40. The summed E-state index contributed by atoms with van der Waals surface area (Å²) in [5.74, 6) is -1.75. The molecule has 6 nitrogen and oxygen atoms in total. The van der Waals surface area contributed by atoms with Crippen molar-refractivity contribution in [2.45, 2.75) is 20.3 Å². The number of nitrogens with two attached hydrogens (primary N) is 1. The molecule has 0 saturated carbocycles. The molecular formula is C11H17N3O3S. The Bertz CT molecular complexity index is 431. The van der Waals surface area contributed by atoms with Crippen LogP contribution in [0.3, 0.4) is 0 Å². The number of rotatable bonds is 6. The Balaban J connectivity index is 2.43. The van der Waals surface area contributed by atoms with Gasteiger partial charge < -0.3 is 16.2 Å². The number of thiazole rings is 1. The van der Waals surface area contributed by atoms with E-state index in [1.165, 1.54) is 11.3 Å². The Labute approximate surface area is 109 Å². The Kier molecular flexibility index (Phi) is 5.08. The molecular weight excluding hydrogens is 254 g/mol. The maximum absolute atomic E-state index is 11.6. The molecule has 18 heavy (non-hydrogen) atoms. The van der Waals surface area contributed by atoms with Gasteiger partial charge in [0, 0.05) is 11.9 Å². The van der Waals surface area contributed by atoms with Gasteiger partial charge in [0.25, 0.3) is 0 Å². The molecule has 0 aliphatic heterocycles. The van der Waals surface area contributed by atoms with Crippen LogP contribution in [0.4, 0.5) is 5.13 Å². The van der Waals surface area contributed by atoms with Crippen molar-refractivity contribution in [2.24, 2.45) is 11.8 Å². The second-order valence-electron chi connectivity index (χ2n) is 4.35. The summed E-state index contributed by atoms with van der Waals surface area (Å²) in [6.07, 6.45) is 0.123. The number of carbonyl (C=O) groups is 2. The van der Waals surface area contributed by atoms with Crippen LogP contribution in [0.5, 0.6) is 0 Å². The highest BCUT2D eigenvalue weighted by Gasteiger charge is 2.22. The van der Waals surface area contributed by atoms with Crippen LogP contribution >= 0.6 is 11.3 Å². The van der Waals surface area contributed by atoms with Gasteiger partial charge in [-0.25, -0.2) is 4.98 Å². The molecule has 7 heteroatoms. The Morgan fingerprint density at radius 3 is 2.67 bits per heavy atom. The average Bonchev–Trinajstić information content (AvgIpc) is 2.62. The van der Waals surface area contributed by atoms with E-state index < -0.39 is 11.9 Å². The van der Waals surface area contributed by atoms with Crippen molar-refractivity contribution in [3.05, 3.63) is 11.1 Å². The number of nitrogen functional groups attached to an aromatic ring is 1. The number of anilines is 1. The molecule has 0 aliphatic carbocycles. The maximum Gasteiger partial charge on any atom is 0.308 e. The zero-order chi connectivity index (χ0) is 13.7. The molecule has 0 bridgehead atoms. The number of nitrogens with one attached hydrogen (secondary N) is 1. The molecule has 1 aromatic rings. The number of carboxylic acid groups (broad SMARTS) is 1. The van der Waals surface area contributed by atoms with Crippen LogP contribution in [0.25, 0.3) is 0 Å². The minimum absolute atomic E-state index is 0.0299. The third-order valence-electron chi connectivity index (χ3n) is 2.55. The summed E-state index contributed by atoms with van der Waals surface area (Å²) in [5.41, 5.74) is 6.06. The van der Waals surface area contributed by atoms with E-state index >= 15 is 0 Å². The lowest BCUT2D eigenvalue weighted by Gasteiger charge is -2.16. The van der Waals surface area contributed by atoms with E-state index in [0.717, 1.165) is 0 Å². The van der Waals surface area contributed by atoms with Gasteiger partial charge in [0.1, 0.15) is 0 Å². The van der Waals surface area contributed by atoms with E-state index in [0.29, 0.717) is 10.8 Å². The van der Waals surface area contributed by atoms with E-state index in [-0.39, 0.29) is 24.8 Å². The number of aromatic nitrogens is 1. The molecule has 1 rings (SSSR count). The van der Waals surface area contributed by atoms with Crippen molar-refractivity contribution in [3.63, 3.8) is 0 Å². The number of carbonyl (C=O) groups excluding carboxylic acids is 1. The first-order valence-electron chi connectivity index (χ1n) is 5.59. The Morgan fingerprint density at radius 1 is 1.56 bits per heavy atom. The van der Waals surface area contributed by atoms with Gasteiger partial charge in [0.05, 0.1) is 18.0 Å². The molecule has 0 spiro atoms. The smallest absolute Gasteiger partial charge is 0.308 e. The van der Waals surface area contributed by atoms with Gasteiger partial charge in [-0.2, -0.15) is 0 Å². The van der Waals surface area contributed by atoms with Crippen molar-refractivity contribution in [1.29, 1.82) is 0 Å². The lowest BCUT2D eigenvalue weighted by Crippen LogP contribution is -2.36. The third kappa shape index (κ3) is 4.33. The van der Waals surface area contributed by atoms with E-state index in [4.69, 9.17) is 10.8 Å². The summed E-state index contributed by atoms with van der Waals surface area (Å²) in [7, 11) is 0. The quantitative estimate of drug-likeness (QED) is 0.707. The van der Waals surface area contributed by atoms with Crippen LogP contribution in [-0.2, 0) is 16.0 Å². The number of carboxylic acids is 1. The van der Waals surface area contributed by atoms with E-state index in [2.05, 4.69) is 10.3 Å². The average molecular weight is 271 g/mol. The molecule has 1 amide bonds. The number of hydrogen-bond donors (Lipinski definition) is 3. The van der Waals surface area contributed by atoms with Crippen molar-refractivity contribution in [1.82, 2.24) is 10.3 Å². The van der Waals surface area contributed by atoms with Crippen molar-refractivity contribution in [3.8, 4) is 0 Å². The predicted molar refractivity (Wildman–Crippen MR) is 69.2 cm³/mol. The van der Waals surface area contributed by atoms with Crippen LogP contribution in [0.2, 0.25) is 0 Å². The van der Waals surface area contributed by atoms with Crippen LogP contribution in [0, 0.1) is 11.8 Å². The molecule has 0 saturated heterocycles. The Hall–Kier alpha value is -1.63. The fourth-order valence-electron chi connectivity index (χ4n) is 1.46. The molecule has 100 valence electrons. The van der Waals surface area contributed by atoms with Gasteiger partial charge >= 0.3 is 5.97 Å². The van der Waals surface area contributed by atoms with Crippen molar-refractivity contribution in [2.75, 3.05) is 12.3 Å². The van der Waals surface area contributed by atoms with Gasteiger partial charge in [0.15, 0.2) is 5.13 Å². The van der Waals surface area contributed by atoms with Gasteiger partial charge in [-0.05, 0) is 5.92 Å². The highest BCUT2D eigenvalue weighted by molar-refractivity contribution is 7.13. The maximum atomic E-state index is 11.6. The summed E-state index contributed by atoms with van der Waals surface area (Å²) >= 11 is 1.27. The largest absolute Gasteiger partial charge is 0.481 e. The SMILES string of the molecule is CC(C)C(CNC(=O)Cc1csc(N)n1)C(=O)O. The molecule has 4 N–H and O–H groups in total. The number of nitrogens with zero attached hydrogens (tertiary/aromatic N) is 1. The topological polar surface area (TPSA) is 105 Å². The summed E-state index contributed by atoms with van der Waals surface area (Å²) in [6.45, 7) is 3.75. The first-order valence-corrected chi connectivity index (χ1v) is 6.47. The van der Waals surface area contributed by atoms with E-state index in [1.807, 2.05) is 13.8 Å². The fraction of sp³-hybridized carbons (Fsp3) is 0.545. The van der Waals surface area contributed by atoms with Gasteiger partial charge in [-0.15, -0.1) is 11.3 Å². The summed E-state index contributed by atoms with van der Waals surface area (Å²) in [5, 5.41) is 13.7. The summed E-state index contributed by atoms with van der Waals surface area (Å²) in [6, 6.07) is 0. The van der Waals surface area contributed by atoms with Crippen LogP contribution in [0.1, 0.15) is 19.5 Å². The molecule has 0 fully saturated rings. The Morgan fingerprint density at radius 2 is 2.22 bits per heavy atom. The number of hydrogen-bond acceptors (Lipinski definition) is 5. The predicted octanol–water partition coefficient (Wildman–Crippen LogP) is 0.741. The molecule has 0 aliphatic rings. The fourth-order valence-corrected chi connectivity index (χ4v) is 2.03. The number of aliphatic carboxylic acids is 1. The minimum Gasteiger partial charge on any atom is -0.481 e. The molecule has 1 unspecified atom stereocenters. The van der Waals surface area contributed by atoms with E-state index in [9.17, 15) is 9.59 Å². The highest BCUT2D eigenvalue weighted by Crippen LogP contribution is 2.12. The van der Waals surface area contributed by atoms with Gasteiger partial charge in [-0.1, -0.05) is 13.8 Å². The van der Waals surface area contributed by atoms with Crippen LogP contribution in [0.15, 0.2) is 5.38 Å². The van der Waals surface area contributed by atoms with Gasteiger partial charge in [-0.3, -0.25) is 9.59 Å². The number of amides is 1. The van der Waals surface area contributed by atoms with Crippen molar-refractivity contribution >= 4 is 28.3 Å². The van der Waals surface area contributed by atoms with Gasteiger partial charge in [0.2, 0.25) is 5.91 Å². The molecule has 1 aromatic heterocycles. The molecule has 0 radical (unpaired) electrons. The normalized spacial score (nSPS) is 12.4. The standard InChI is InChI=1S/C11H17N3O3S/c1-6(2)8(10(16)17)4-13-9(15)3-7-5-18-11(12)14-7/h5-6,8H,3-4H2,1-2H3,(H2,12,14)(H,13,15)(H,16,17). The zero-order valence-corrected chi connectivity index (χ0v) is 11.2. The first kappa shape index (κ1) is 14.4. The second kappa shape index (κ2) is 6.34. The van der Waals surface area contributed by atoms with Crippen LogP contribution in [-0.4, -0.2) is 28.5 Å². The minimum atomic E-state index is -0.900. The molecule has 1 atom stereocenters.